The number of benzene rings is 1. The van der Waals surface area contributed by atoms with Crippen molar-refractivity contribution in [2.24, 2.45) is 5.92 Å². The Morgan fingerprint density at radius 1 is 1.18 bits per heavy atom. The van der Waals surface area contributed by atoms with E-state index in [9.17, 15) is 14.4 Å². The first-order valence-corrected chi connectivity index (χ1v) is 14.7. The molecule has 0 saturated heterocycles. The maximum Gasteiger partial charge on any atom is 0.280 e. The summed E-state index contributed by atoms with van der Waals surface area (Å²) in [7, 11) is 3.89. The molecule has 0 spiro atoms. The van der Waals surface area contributed by atoms with E-state index in [1.54, 1.807) is 17.0 Å². The van der Waals surface area contributed by atoms with Crippen LogP contribution in [-0.4, -0.2) is 76.8 Å². The van der Waals surface area contributed by atoms with Gasteiger partial charge < -0.3 is 25.4 Å². The molecule has 3 amide bonds. The number of thiazole rings is 1. The fourth-order valence-corrected chi connectivity index (χ4v) is 6.88. The lowest BCUT2D eigenvalue weighted by molar-refractivity contribution is -0.135. The minimum Gasteiger partial charge on any atom is -0.351 e. The Hall–Kier alpha value is -2.66. The van der Waals surface area contributed by atoms with E-state index < -0.39 is 6.04 Å². The van der Waals surface area contributed by atoms with Crippen molar-refractivity contribution in [1.29, 1.82) is 0 Å². The standard InChI is InChI=1S/C28H35ClN6O3S.ClH/c1-4-10-35(3)28(38)16-5-7-20(31-25(36)23-14-17-12-18(29)6-8-19(17)30-23)22(13-16)32-26(37)27-33-21-9-11-34(2)15-24(21)39-27;/h6,8,12,14,16,20,22,30H,4-5,7,9-11,13,15H2,1-3H3,(H,31,36)(H,32,37);1H/t16-,20-,22+;/m0./s1. The number of amides is 3. The van der Waals surface area contributed by atoms with Crippen molar-refractivity contribution in [2.45, 2.75) is 57.7 Å². The summed E-state index contributed by atoms with van der Waals surface area (Å²) in [5, 5.41) is 8.14. The molecule has 0 radical (unpaired) electrons. The Labute approximate surface area is 249 Å². The van der Waals surface area contributed by atoms with E-state index in [0.29, 0.717) is 41.5 Å². The highest BCUT2D eigenvalue weighted by atomic mass is 35.5. The summed E-state index contributed by atoms with van der Waals surface area (Å²) < 4.78 is 0. The van der Waals surface area contributed by atoms with Crippen molar-refractivity contribution in [1.82, 2.24) is 30.4 Å². The number of rotatable bonds is 7. The van der Waals surface area contributed by atoms with Crippen LogP contribution in [0.2, 0.25) is 5.02 Å². The van der Waals surface area contributed by atoms with Gasteiger partial charge in [-0.1, -0.05) is 18.5 Å². The highest BCUT2D eigenvalue weighted by Crippen LogP contribution is 2.29. The highest BCUT2D eigenvalue weighted by molar-refractivity contribution is 7.13. The van der Waals surface area contributed by atoms with Gasteiger partial charge in [0.1, 0.15) is 5.69 Å². The van der Waals surface area contributed by atoms with Gasteiger partial charge in [0.05, 0.1) is 11.7 Å². The normalized spacial score (nSPS) is 20.9. The first-order chi connectivity index (χ1) is 18.7. The molecule has 3 N–H and O–H groups in total. The monoisotopic (exact) mass is 606 g/mol. The molecule has 3 atom stereocenters. The van der Waals surface area contributed by atoms with Crippen LogP contribution in [0.3, 0.4) is 0 Å². The average molecular weight is 608 g/mol. The highest BCUT2D eigenvalue weighted by Gasteiger charge is 2.37. The van der Waals surface area contributed by atoms with Crippen LogP contribution in [0.4, 0.5) is 0 Å². The number of aromatic amines is 1. The molecule has 3 aromatic rings. The summed E-state index contributed by atoms with van der Waals surface area (Å²) in [6, 6.07) is 6.47. The van der Waals surface area contributed by atoms with Crippen molar-refractivity contribution in [3.8, 4) is 0 Å². The number of nitrogens with zero attached hydrogens (tertiary/aromatic N) is 3. The van der Waals surface area contributed by atoms with E-state index in [0.717, 1.165) is 47.4 Å². The van der Waals surface area contributed by atoms with Crippen molar-refractivity contribution in [3.05, 3.63) is 50.6 Å². The predicted octanol–water partition coefficient (Wildman–Crippen LogP) is 4.25. The van der Waals surface area contributed by atoms with Gasteiger partial charge >= 0.3 is 0 Å². The third-order valence-corrected chi connectivity index (χ3v) is 9.03. The van der Waals surface area contributed by atoms with Crippen LogP contribution in [0.25, 0.3) is 10.9 Å². The number of carbonyl (C=O) groups excluding carboxylic acids is 3. The molecular weight excluding hydrogens is 571 g/mol. The molecule has 1 fully saturated rings. The number of hydrogen-bond donors (Lipinski definition) is 3. The van der Waals surface area contributed by atoms with Crippen LogP contribution < -0.4 is 10.6 Å². The van der Waals surface area contributed by atoms with Gasteiger partial charge in [-0.2, -0.15) is 0 Å². The molecule has 3 heterocycles. The Morgan fingerprint density at radius 3 is 2.73 bits per heavy atom. The summed E-state index contributed by atoms with van der Waals surface area (Å²) >= 11 is 7.54. The van der Waals surface area contributed by atoms with Gasteiger partial charge in [0, 0.05) is 65.9 Å². The quantitative estimate of drug-likeness (QED) is 0.372. The second kappa shape index (κ2) is 12.9. The third kappa shape index (κ3) is 6.62. The van der Waals surface area contributed by atoms with Gasteiger partial charge in [-0.3, -0.25) is 14.4 Å². The Bertz CT molecular complexity index is 1390. The molecule has 1 aliphatic carbocycles. The van der Waals surface area contributed by atoms with E-state index in [2.05, 4.69) is 32.5 Å². The fraction of sp³-hybridized carbons (Fsp3) is 0.500. The Balaban J connectivity index is 0.00000370. The molecule has 12 heteroatoms. The van der Waals surface area contributed by atoms with Crippen molar-refractivity contribution in [2.75, 3.05) is 27.2 Å². The fourth-order valence-electron chi connectivity index (χ4n) is 5.61. The SMILES string of the molecule is CCCN(C)C(=O)[C@H]1CC[C@H](NC(=O)c2cc3cc(Cl)ccc3[nH]2)[C@H](NC(=O)c2nc3c(s2)CN(C)CC3)C1.Cl. The summed E-state index contributed by atoms with van der Waals surface area (Å²) in [5.74, 6) is -0.641. The minimum atomic E-state index is -0.401. The number of halogens is 2. The van der Waals surface area contributed by atoms with Crippen LogP contribution in [0, 0.1) is 5.92 Å². The zero-order valence-electron chi connectivity index (χ0n) is 23.0. The first kappa shape index (κ1) is 30.3. The molecule has 216 valence electrons. The lowest BCUT2D eigenvalue weighted by Gasteiger charge is -2.37. The number of fused-ring (bicyclic) bond motifs is 2. The molecule has 0 bridgehead atoms. The third-order valence-electron chi connectivity index (χ3n) is 7.71. The zero-order chi connectivity index (χ0) is 27.7. The van der Waals surface area contributed by atoms with Gasteiger partial charge in [0.25, 0.3) is 11.8 Å². The van der Waals surface area contributed by atoms with E-state index >= 15 is 0 Å². The summed E-state index contributed by atoms with van der Waals surface area (Å²) in [5.41, 5.74) is 2.24. The predicted molar refractivity (Wildman–Crippen MR) is 160 cm³/mol. The molecule has 1 aromatic carbocycles. The molecule has 1 saturated carbocycles. The van der Waals surface area contributed by atoms with Crippen molar-refractivity contribution in [3.63, 3.8) is 0 Å². The molecule has 2 aliphatic rings. The number of H-pyrrole nitrogens is 1. The topological polar surface area (TPSA) is 110 Å². The Kier molecular flexibility index (Phi) is 9.76. The van der Waals surface area contributed by atoms with E-state index in [-0.39, 0.29) is 42.1 Å². The molecular formula is C28H36Cl2N6O3S. The van der Waals surface area contributed by atoms with Gasteiger partial charge in [-0.05, 0) is 57.0 Å². The molecule has 2 aromatic heterocycles. The minimum absolute atomic E-state index is 0. The van der Waals surface area contributed by atoms with Crippen LogP contribution in [0.15, 0.2) is 24.3 Å². The molecule has 5 rings (SSSR count). The Morgan fingerprint density at radius 2 is 1.95 bits per heavy atom. The van der Waals surface area contributed by atoms with E-state index in [1.165, 1.54) is 11.3 Å². The second-order valence-corrected chi connectivity index (χ2v) is 12.2. The number of likely N-dealkylation sites (N-methyl/N-ethyl adjacent to an activating group) is 1. The van der Waals surface area contributed by atoms with Gasteiger partial charge in [-0.25, -0.2) is 4.98 Å². The number of nitrogens with one attached hydrogen (secondary N) is 3. The molecule has 1 aliphatic heterocycles. The van der Waals surface area contributed by atoms with E-state index in [1.807, 2.05) is 26.1 Å². The van der Waals surface area contributed by atoms with Gasteiger partial charge in [0.2, 0.25) is 5.91 Å². The maximum absolute atomic E-state index is 13.4. The van der Waals surface area contributed by atoms with Crippen LogP contribution in [0.5, 0.6) is 0 Å². The maximum atomic E-state index is 13.4. The lowest BCUT2D eigenvalue weighted by atomic mass is 9.81. The van der Waals surface area contributed by atoms with Crippen molar-refractivity contribution >= 4 is 64.0 Å². The summed E-state index contributed by atoms with van der Waals surface area (Å²) in [6.45, 7) is 4.45. The largest absolute Gasteiger partial charge is 0.351 e. The molecule has 9 nitrogen and oxygen atoms in total. The first-order valence-electron chi connectivity index (χ1n) is 13.5. The number of hydrogen-bond acceptors (Lipinski definition) is 6. The van der Waals surface area contributed by atoms with Crippen molar-refractivity contribution < 1.29 is 14.4 Å². The number of aromatic nitrogens is 2. The summed E-state index contributed by atoms with van der Waals surface area (Å²) in [6.07, 6.45) is 3.39. The van der Waals surface area contributed by atoms with E-state index in [4.69, 9.17) is 11.6 Å². The number of carbonyl (C=O) groups is 3. The van der Waals surface area contributed by atoms with Gasteiger partial charge in [0.15, 0.2) is 5.01 Å². The average Bonchev–Trinajstić information content (AvgIpc) is 3.53. The summed E-state index contributed by atoms with van der Waals surface area (Å²) in [4.78, 5) is 52.6. The molecule has 0 unspecified atom stereocenters. The second-order valence-electron chi connectivity index (χ2n) is 10.7. The zero-order valence-corrected chi connectivity index (χ0v) is 25.3. The molecule has 40 heavy (non-hydrogen) atoms. The van der Waals surface area contributed by atoms with Crippen LogP contribution >= 0.6 is 35.3 Å². The smallest absolute Gasteiger partial charge is 0.280 e. The lowest BCUT2D eigenvalue weighted by Crippen LogP contribution is -2.56. The van der Waals surface area contributed by atoms with Crippen LogP contribution in [0.1, 0.15) is 63.5 Å². The van der Waals surface area contributed by atoms with Gasteiger partial charge in [-0.15, -0.1) is 23.7 Å². The van der Waals surface area contributed by atoms with Crippen LogP contribution in [-0.2, 0) is 17.8 Å².